The van der Waals surface area contributed by atoms with Crippen LogP contribution in [0.15, 0.2) is 23.1 Å². The molecule has 1 aromatic carbocycles. The fourth-order valence-electron chi connectivity index (χ4n) is 4.08. The van der Waals surface area contributed by atoms with Crippen molar-refractivity contribution < 1.29 is 9.18 Å². The fourth-order valence-corrected chi connectivity index (χ4v) is 5.56. The first kappa shape index (κ1) is 17.0. The topological polar surface area (TPSA) is 29.1 Å². The largest absolute Gasteiger partial charge is 0.316 e. The highest BCUT2D eigenvalue weighted by Crippen LogP contribution is 2.57. The normalized spacial score (nSPS) is 30.4. The molecule has 23 heavy (non-hydrogen) atoms. The molecule has 0 bridgehead atoms. The maximum Gasteiger partial charge on any atom is 0.132 e. The average molecular weight is 335 g/mol. The first-order valence-electron chi connectivity index (χ1n) is 8.42. The molecular weight excluding hydrogens is 309 g/mol. The quantitative estimate of drug-likeness (QED) is 0.837. The maximum atomic E-state index is 13.9. The Labute approximate surface area is 142 Å². The summed E-state index contributed by atoms with van der Waals surface area (Å²) >= 11 is 1.70. The molecule has 3 rings (SSSR count). The minimum atomic E-state index is -0.566. The number of thioether (sulfide) groups is 1. The zero-order valence-electron chi connectivity index (χ0n) is 14.2. The van der Waals surface area contributed by atoms with Crippen LogP contribution in [0.25, 0.3) is 0 Å². The van der Waals surface area contributed by atoms with E-state index in [1.165, 1.54) is 6.07 Å². The van der Waals surface area contributed by atoms with Gasteiger partial charge in [-0.2, -0.15) is 0 Å². The average Bonchev–Trinajstić information content (AvgIpc) is 3.10. The molecular formula is C19H26FNOS. The molecule has 2 atom stereocenters. The Hall–Kier alpha value is -0.870. The maximum absolute atomic E-state index is 13.9. The van der Waals surface area contributed by atoms with Crippen molar-refractivity contribution in [2.45, 2.75) is 50.3 Å². The molecule has 0 aliphatic carbocycles. The lowest BCUT2D eigenvalue weighted by Crippen LogP contribution is -2.49. The Balaban J connectivity index is 2.05. The number of hydrogen-bond acceptors (Lipinski definition) is 3. The zero-order valence-corrected chi connectivity index (χ0v) is 15.1. The highest BCUT2D eigenvalue weighted by Gasteiger charge is 2.56. The highest BCUT2D eigenvalue weighted by atomic mass is 32.2. The predicted octanol–water partition coefficient (Wildman–Crippen LogP) is 4.17. The van der Waals surface area contributed by atoms with Crippen molar-refractivity contribution in [3.63, 3.8) is 0 Å². The van der Waals surface area contributed by atoms with Crippen LogP contribution in [0.2, 0.25) is 0 Å². The van der Waals surface area contributed by atoms with Crippen LogP contribution in [0.5, 0.6) is 0 Å². The molecule has 0 aromatic heterocycles. The van der Waals surface area contributed by atoms with Crippen LogP contribution in [0.3, 0.4) is 0 Å². The first-order valence-corrected chi connectivity index (χ1v) is 9.40. The lowest BCUT2D eigenvalue weighted by Gasteiger charge is -2.44. The minimum Gasteiger partial charge on any atom is -0.316 e. The number of benzene rings is 1. The minimum absolute atomic E-state index is 0.103. The summed E-state index contributed by atoms with van der Waals surface area (Å²) in [5.74, 6) is 0.496. The Bertz CT molecular complexity index is 604. The van der Waals surface area contributed by atoms with Crippen LogP contribution >= 0.6 is 11.8 Å². The van der Waals surface area contributed by atoms with Gasteiger partial charge in [0.15, 0.2) is 0 Å². The third kappa shape index (κ3) is 2.85. The summed E-state index contributed by atoms with van der Waals surface area (Å²) < 4.78 is 13.9. The molecule has 0 saturated carbocycles. The van der Waals surface area contributed by atoms with Crippen molar-refractivity contribution in [1.82, 2.24) is 5.32 Å². The second-order valence-electron chi connectivity index (χ2n) is 8.29. The summed E-state index contributed by atoms with van der Waals surface area (Å²) in [6.45, 7) is 8.52. The van der Waals surface area contributed by atoms with E-state index in [-0.39, 0.29) is 16.6 Å². The van der Waals surface area contributed by atoms with E-state index in [1.54, 1.807) is 17.8 Å². The molecule has 2 unspecified atom stereocenters. The van der Waals surface area contributed by atoms with Gasteiger partial charge in [0.05, 0.1) is 5.41 Å². The Morgan fingerprint density at radius 1 is 1.39 bits per heavy atom. The van der Waals surface area contributed by atoms with Gasteiger partial charge in [0.1, 0.15) is 12.1 Å². The number of hydrogen-bond donors (Lipinski definition) is 1. The third-order valence-electron chi connectivity index (χ3n) is 5.62. The number of halogens is 1. The molecule has 2 nitrogen and oxygen atoms in total. The number of carbonyl (C=O) groups excluding carboxylic acids is 1. The second kappa shape index (κ2) is 5.89. The van der Waals surface area contributed by atoms with Crippen LogP contribution in [-0.2, 0) is 10.2 Å². The number of rotatable bonds is 4. The standard InChI is InChI=1S/C19H26FNOS/c1-17(2,3)6-7-18(8-9-21-11-18)19(12-22)13-23-16-5-4-14(20)10-15(16)19/h4-5,10,12,21H,6-9,11,13H2,1-3H3. The van der Waals surface area contributed by atoms with Crippen molar-refractivity contribution in [2.75, 3.05) is 18.8 Å². The summed E-state index contributed by atoms with van der Waals surface area (Å²) in [7, 11) is 0. The van der Waals surface area contributed by atoms with Gasteiger partial charge in [-0.15, -0.1) is 11.8 Å². The van der Waals surface area contributed by atoms with Crippen molar-refractivity contribution in [3.05, 3.63) is 29.6 Å². The van der Waals surface area contributed by atoms with Crippen LogP contribution in [0.4, 0.5) is 4.39 Å². The predicted molar refractivity (Wildman–Crippen MR) is 93.5 cm³/mol. The van der Waals surface area contributed by atoms with Gasteiger partial charge in [0, 0.05) is 22.6 Å². The molecule has 2 aliphatic heterocycles. The van der Waals surface area contributed by atoms with E-state index in [1.807, 2.05) is 6.07 Å². The van der Waals surface area contributed by atoms with Gasteiger partial charge in [-0.3, -0.25) is 0 Å². The van der Waals surface area contributed by atoms with Crippen molar-refractivity contribution in [2.24, 2.45) is 10.8 Å². The Morgan fingerprint density at radius 2 is 2.17 bits per heavy atom. The SMILES string of the molecule is CC(C)(C)CCC1(C2(C=O)CSc3ccc(F)cc32)CCNC1. The molecule has 0 spiro atoms. The van der Waals surface area contributed by atoms with Gasteiger partial charge in [-0.1, -0.05) is 20.8 Å². The van der Waals surface area contributed by atoms with Gasteiger partial charge < -0.3 is 10.1 Å². The molecule has 0 amide bonds. The van der Waals surface area contributed by atoms with Crippen LogP contribution in [-0.4, -0.2) is 25.1 Å². The summed E-state index contributed by atoms with van der Waals surface area (Å²) in [4.78, 5) is 13.4. The fraction of sp³-hybridized carbons (Fsp3) is 0.632. The second-order valence-corrected chi connectivity index (χ2v) is 9.30. The summed E-state index contributed by atoms with van der Waals surface area (Å²) in [6.07, 6.45) is 4.18. The molecule has 1 aromatic rings. The zero-order chi connectivity index (χ0) is 16.7. The van der Waals surface area contributed by atoms with Gasteiger partial charge in [0.25, 0.3) is 0 Å². The van der Waals surface area contributed by atoms with E-state index in [9.17, 15) is 9.18 Å². The summed E-state index contributed by atoms with van der Waals surface area (Å²) in [6, 6.07) is 4.93. The number of aldehydes is 1. The molecule has 1 N–H and O–H groups in total. The van der Waals surface area contributed by atoms with E-state index in [0.29, 0.717) is 0 Å². The number of fused-ring (bicyclic) bond motifs is 1. The van der Waals surface area contributed by atoms with E-state index < -0.39 is 5.41 Å². The van der Waals surface area contributed by atoms with Crippen molar-refractivity contribution in [3.8, 4) is 0 Å². The highest BCUT2D eigenvalue weighted by molar-refractivity contribution is 7.99. The van der Waals surface area contributed by atoms with Crippen LogP contribution in [0, 0.1) is 16.6 Å². The monoisotopic (exact) mass is 335 g/mol. The smallest absolute Gasteiger partial charge is 0.132 e. The van der Waals surface area contributed by atoms with Gasteiger partial charge >= 0.3 is 0 Å². The lowest BCUT2D eigenvalue weighted by atomic mass is 9.58. The molecule has 126 valence electrons. The van der Waals surface area contributed by atoms with Gasteiger partial charge in [0.2, 0.25) is 0 Å². The Morgan fingerprint density at radius 3 is 2.78 bits per heavy atom. The number of carbonyl (C=O) groups is 1. The molecule has 1 fully saturated rings. The molecule has 2 aliphatic rings. The van der Waals surface area contributed by atoms with Gasteiger partial charge in [-0.05, 0) is 55.0 Å². The Kier molecular flexibility index (Phi) is 4.35. The van der Waals surface area contributed by atoms with Crippen molar-refractivity contribution >= 4 is 18.0 Å². The molecule has 0 radical (unpaired) electrons. The summed E-state index contributed by atoms with van der Waals surface area (Å²) in [5.41, 5.74) is 0.476. The first-order chi connectivity index (χ1) is 10.8. The third-order valence-corrected chi connectivity index (χ3v) is 6.89. The lowest BCUT2D eigenvalue weighted by molar-refractivity contribution is -0.116. The number of nitrogens with one attached hydrogen (secondary N) is 1. The van der Waals surface area contributed by atoms with E-state index >= 15 is 0 Å². The van der Waals surface area contributed by atoms with E-state index in [4.69, 9.17) is 0 Å². The van der Waals surface area contributed by atoms with Crippen LogP contribution in [0.1, 0.15) is 45.6 Å². The van der Waals surface area contributed by atoms with E-state index in [0.717, 1.165) is 54.8 Å². The van der Waals surface area contributed by atoms with Gasteiger partial charge in [-0.25, -0.2) is 4.39 Å². The molecule has 1 saturated heterocycles. The van der Waals surface area contributed by atoms with Crippen molar-refractivity contribution in [1.29, 1.82) is 0 Å². The van der Waals surface area contributed by atoms with E-state index in [2.05, 4.69) is 26.1 Å². The summed E-state index contributed by atoms with van der Waals surface area (Å²) in [5, 5.41) is 3.47. The molecule has 2 heterocycles. The van der Waals surface area contributed by atoms with Crippen LogP contribution < -0.4 is 5.32 Å². The molecule has 4 heteroatoms.